The van der Waals surface area contributed by atoms with Gasteiger partial charge in [0.05, 0.1) is 0 Å². The number of rotatable bonds is 9. The molecule has 2 atom stereocenters. The minimum atomic E-state index is -0.634. The van der Waals surface area contributed by atoms with Crippen LogP contribution < -0.4 is 10.1 Å². The van der Waals surface area contributed by atoms with E-state index >= 15 is 0 Å². The number of aliphatic hydroxyl groups is 1. The third kappa shape index (κ3) is 6.03. The Morgan fingerprint density at radius 3 is 2.68 bits per heavy atom. The SMILES string of the molecule is CCCC(CC)NCC(O)COc1ccccc1F. The Balaban J connectivity index is 2.28. The van der Waals surface area contributed by atoms with Gasteiger partial charge in [-0.1, -0.05) is 32.4 Å². The molecule has 4 heteroatoms. The Morgan fingerprint density at radius 1 is 1.32 bits per heavy atom. The van der Waals surface area contributed by atoms with Crippen molar-refractivity contribution in [3.63, 3.8) is 0 Å². The number of ether oxygens (including phenoxy) is 1. The number of nitrogens with one attached hydrogen (secondary N) is 1. The lowest BCUT2D eigenvalue weighted by molar-refractivity contribution is 0.101. The maximum atomic E-state index is 13.3. The molecule has 0 aliphatic carbocycles. The lowest BCUT2D eigenvalue weighted by Gasteiger charge is -2.19. The van der Waals surface area contributed by atoms with Crippen LogP contribution in [0.4, 0.5) is 4.39 Å². The normalized spacial score (nSPS) is 14.1. The summed E-state index contributed by atoms with van der Waals surface area (Å²) < 4.78 is 18.5. The van der Waals surface area contributed by atoms with Crippen LogP contribution in [0.2, 0.25) is 0 Å². The molecular weight excluding hydrogens is 245 g/mol. The fourth-order valence-corrected chi connectivity index (χ4v) is 1.91. The molecule has 0 saturated carbocycles. The van der Waals surface area contributed by atoms with E-state index < -0.39 is 11.9 Å². The highest BCUT2D eigenvalue weighted by atomic mass is 19.1. The van der Waals surface area contributed by atoms with Crippen LogP contribution in [0.3, 0.4) is 0 Å². The molecule has 0 aliphatic rings. The first-order valence-corrected chi connectivity index (χ1v) is 6.96. The first-order chi connectivity index (χ1) is 9.17. The van der Waals surface area contributed by atoms with E-state index in [1.165, 1.54) is 6.07 Å². The van der Waals surface area contributed by atoms with Gasteiger partial charge >= 0.3 is 0 Å². The number of benzene rings is 1. The van der Waals surface area contributed by atoms with Gasteiger partial charge in [0, 0.05) is 12.6 Å². The number of halogens is 1. The Hall–Kier alpha value is -1.13. The van der Waals surface area contributed by atoms with E-state index in [1.54, 1.807) is 18.2 Å². The van der Waals surface area contributed by atoms with Crippen LogP contribution >= 0.6 is 0 Å². The summed E-state index contributed by atoms with van der Waals surface area (Å²) in [5.74, 6) is -0.220. The molecule has 0 amide bonds. The van der Waals surface area contributed by atoms with Crippen molar-refractivity contribution in [3.05, 3.63) is 30.1 Å². The lowest BCUT2D eigenvalue weighted by atomic mass is 10.1. The molecule has 0 aliphatic heterocycles. The molecule has 1 aromatic carbocycles. The van der Waals surface area contributed by atoms with Crippen LogP contribution in [-0.4, -0.2) is 30.4 Å². The lowest BCUT2D eigenvalue weighted by Crippen LogP contribution is -2.37. The van der Waals surface area contributed by atoms with Crippen molar-refractivity contribution >= 4 is 0 Å². The van der Waals surface area contributed by atoms with Crippen molar-refractivity contribution in [2.75, 3.05) is 13.2 Å². The van der Waals surface area contributed by atoms with E-state index in [4.69, 9.17) is 4.74 Å². The number of hydrogen-bond acceptors (Lipinski definition) is 3. The first kappa shape index (κ1) is 15.9. The van der Waals surface area contributed by atoms with Crippen LogP contribution in [0.5, 0.6) is 5.75 Å². The minimum absolute atomic E-state index is 0.0937. The molecule has 2 N–H and O–H groups in total. The Morgan fingerprint density at radius 2 is 2.05 bits per heavy atom. The average Bonchev–Trinajstić information content (AvgIpc) is 2.42. The average molecular weight is 269 g/mol. The second-order valence-electron chi connectivity index (χ2n) is 4.70. The summed E-state index contributed by atoms with van der Waals surface area (Å²) in [5.41, 5.74) is 0. The molecule has 0 bridgehead atoms. The minimum Gasteiger partial charge on any atom is -0.488 e. The molecule has 19 heavy (non-hydrogen) atoms. The van der Waals surface area contributed by atoms with E-state index in [0.717, 1.165) is 19.3 Å². The topological polar surface area (TPSA) is 41.5 Å². The van der Waals surface area contributed by atoms with Crippen LogP contribution in [0.25, 0.3) is 0 Å². The molecule has 1 aromatic rings. The zero-order valence-electron chi connectivity index (χ0n) is 11.7. The Labute approximate surface area is 114 Å². The summed E-state index contributed by atoms with van der Waals surface area (Å²) in [6.45, 7) is 4.82. The van der Waals surface area contributed by atoms with Gasteiger partial charge in [-0.05, 0) is 25.0 Å². The van der Waals surface area contributed by atoms with Crippen molar-refractivity contribution < 1.29 is 14.2 Å². The van der Waals surface area contributed by atoms with Crippen molar-refractivity contribution in [1.82, 2.24) is 5.32 Å². The zero-order valence-corrected chi connectivity index (χ0v) is 11.7. The van der Waals surface area contributed by atoms with E-state index in [0.29, 0.717) is 12.6 Å². The molecular formula is C15H24FNO2. The van der Waals surface area contributed by atoms with Crippen LogP contribution in [0, 0.1) is 5.82 Å². The Bertz CT molecular complexity index is 360. The number of aliphatic hydroxyl groups excluding tert-OH is 1. The van der Waals surface area contributed by atoms with Crippen LogP contribution in [-0.2, 0) is 0 Å². The smallest absolute Gasteiger partial charge is 0.165 e. The van der Waals surface area contributed by atoms with Crippen LogP contribution in [0.15, 0.2) is 24.3 Å². The van der Waals surface area contributed by atoms with Gasteiger partial charge in [0.1, 0.15) is 12.7 Å². The number of hydrogen-bond donors (Lipinski definition) is 2. The quantitative estimate of drug-likeness (QED) is 0.724. The van der Waals surface area contributed by atoms with Gasteiger partial charge in [-0.15, -0.1) is 0 Å². The molecule has 2 unspecified atom stereocenters. The molecule has 3 nitrogen and oxygen atoms in total. The summed E-state index contributed by atoms with van der Waals surface area (Å²) in [6, 6.07) is 6.64. The van der Waals surface area contributed by atoms with Crippen LogP contribution in [0.1, 0.15) is 33.1 Å². The van der Waals surface area contributed by atoms with Gasteiger partial charge in [0.15, 0.2) is 11.6 Å². The molecule has 0 heterocycles. The van der Waals surface area contributed by atoms with E-state index in [9.17, 15) is 9.50 Å². The fraction of sp³-hybridized carbons (Fsp3) is 0.600. The highest BCUT2D eigenvalue weighted by Crippen LogP contribution is 2.15. The van der Waals surface area contributed by atoms with E-state index in [1.807, 2.05) is 0 Å². The third-order valence-electron chi connectivity index (χ3n) is 3.04. The van der Waals surface area contributed by atoms with Gasteiger partial charge in [0.25, 0.3) is 0 Å². The van der Waals surface area contributed by atoms with Gasteiger partial charge in [-0.2, -0.15) is 0 Å². The maximum absolute atomic E-state index is 13.3. The number of para-hydroxylation sites is 1. The van der Waals surface area contributed by atoms with Gasteiger partial charge in [0.2, 0.25) is 0 Å². The largest absolute Gasteiger partial charge is 0.488 e. The zero-order chi connectivity index (χ0) is 14.1. The van der Waals surface area contributed by atoms with E-state index in [-0.39, 0.29) is 12.4 Å². The van der Waals surface area contributed by atoms with Gasteiger partial charge in [-0.25, -0.2) is 4.39 Å². The molecule has 1 rings (SSSR count). The van der Waals surface area contributed by atoms with Crippen molar-refractivity contribution in [2.45, 2.75) is 45.3 Å². The summed E-state index contributed by atoms with van der Waals surface area (Å²) in [6.07, 6.45) is 2.62. The molecule has 0 aromatic heterocycles. The van der Waals surface area contributed by atoms with Gasteiger partial charge < -0.3 is 15.2 Å². The van der Waals surface area contributed by atoms with Crippen molar-refractivity contribution in [2.24, 2.45) is 0 Å². The summed E-state index contributed by atoms with van der Waals surface area (Å²) >= 11 is 0. The monoisotopic (exact) mass is 269 g/mol. The van der Waals surface area contributed by atoms with E-state index in [2.05, 4.69) is 19.2 Å². The highest BCUT2D eigenvalue weighted by molar-refractivity contribution is 5.23. The molecule has 108 valence electrons. The molecule has 0 spiro atoms. The van der Waals surface area contributed by atoms with Gasteiger partial charge in [-0.3, -0.25) is 0 Å². The summed E-state index contributed by atoms with van der Waals surface area (Å²) in [7, 11) is 0. The third-order valence-corrected chi connectivity index (χ3v) is 3.04. The first-order valence-electron chi connectivity index (χ1n) is 6.96. The molecule has 0 radical (unpaired) electrons. The fourth-order valence-electron chi connectivity index (χ4n) is 1.91. The second-order valence-corrected chi connectivity index (χ2v) is 4.70. The molecule has 0 fully saturated rings. The Kier molecular flexibility index (Phi) is 7.45. The predicted octanol–water partition coefficient (Wildman–Crippen LogP) is 2.73. The predicted molar refractivity (Wildman–Crippen MR) is 74.9 cm³/mol. The second kappa shape index (κ2) is 8.88. The molecule has 0 saturated heterocycles. The summed E-state index contributed by atoms with van der Waals surface area (Å²) in [4.78, 5) is 0. The summed E-state index contributed by atoms with van der Waals surface area (Å²) in [5, 5.41) is 13.1. The van der Waals surface area contributed by atoms with Crippen molar-refractivity contribution in [1.29, 1.82) is 0 Å². The standard InChI is InChI=1S/C15H24FNO2/c1-3-7-12(4-2)17-10-13(18)11-19-15-9-6-5-8-14(15)16/h5-6,8-9,12-13,17-18H,3-4,7,10-11H2,1-2H3. The van der Waals surface area contributed by atoms with Crippen molar-refractivity contribution in [3.8, 4) is 5.75 Å². The maximum Gasteiger partial charge on any atom is 0.165 e. The highest BCUT2D eigenvalue weighted by Gasteiger charge is 2.10.